The Hall–Kier alpha value is -4.28. The molecule has 10 nitrogen and oxygen atoms in total. The van der Waals surface area contributed by atoms with Gasteiger partial charge in [0, 0.05) is 22.2 Å². The number of nitrogens with zero attached hydrogens (tertiary/aromatic N) is 6. The number of aromatic nitrogens is 7. The molecule has 1 aliphatic heterocycles. The van der Waals surface area contributed by atoms with E-state index >= 15 is 0 Å². The number of hydrogen-bond acceptors (Lipinski definition) is 7. The van der Waals surface area contributed by atoms with Crippen molar-refractivity contribution in [1.82, 2.24) is 34.5 Å². The molecule has 2 bridgehead atoms. The van der Waals surface area contributed by atoms with Crippen molar-refractivity contribution in [2.75, 3.05) is 7.11 Å². The van der Waals surface area contributed by atoms with E-state index < -0.39 is 0 Å². The van der Waals surface area contributed by atoms with Crippen molar-refractivity contribution in [3.05, 3.63) is 98.7 Å². The zero-order valence-corrected chi connectivity index (χ0v) is 25.0. The molecule has 220 valence electrons. The molecule has 0 spiro atoms. The summed E-state index contributed by atoms with van der Waals surface area (Å²) < 4.78 is 8.01. The van der Waals surface area contributed by atoms with Gasteiger partial charge >= 0.3 is 5.97 Å². The summed E-state index contributed by atoms with van der Waals surface area (Å²) in [6, 6.07) is 12.5. The summed E-state index contributed by atoms with van der Waals surface area (Å²) in [6.07, 6.45) is 10.9. The zero-order chi connectivity index (χ0) is 29.9. The van der Waals surface area contributed by atoms with Gasteiger partial charge in [-0.3, -0.25) is 14.2 Å². The molecule has 0 unspecified atom stereocenters. The summed E-state index contributed by atoms with van der Waals surface area (Å²) in [5.74, 6) is 0.428. The number of halogens is 2. The number of esters is 1. The van der Waals surface area contributed by atoms with Gasteiger partial charge < -0.3 is 9.72 Å². The molecule has 0 radical (unpaired) electrons. The number of fused-ring (bicyclic) bond motifs is 4. The van der Waals surface area contributed by atoms with Gasteiger partial charge in [0.15, 0.2) is 5.15 Å². The van der Waals surface area contributed by atoms with E-state index in [1.165, 1.54) is 17.9 Å². The third-order valence-electron chi connectivity index (χ3n) is 7.74. The van der Waals surface area contributed by atoms with Crippen LogP contribution < -0.4 is 5.56 Å². The normalized spacial score (nSPS) is 15.3. The summed E-state index contributed by atoms with van der Waals surface area (Å²) >= 11 is 12.3. The van der Waals surface area contributed by atoms with Gasteiger partial charge in [-0.2, -0.15) is 0 Å². The van der Waals surface area contributed by atoms with Crippen LogP contribution in [0, 0.1) is 0 Å². The van der Waals surface area contributed by atoms with E-state index in [4.69, 9.17) is 32.9 Å². The second kappa shape index (κ2) is 12.5. The molecule has 12 heteroatoms. The number of hydrogen-bond donors (Lipinski definition) is 1. The molecule has 0 saturated carbocycles. The smallest absolute Gasteiger partial charge is 0.309 e. The molecular formula is C31H29Cl2N7O3. The summed E-state index contributed by atoms with van der Waals surface area (Å²) in [4.78, 5) is 38.4. The highest BCUT2D eigenvalue weighted by molar-refractivity contribution is 6.31. The maximum Gasteiger partial charge on any atom is 0.309 e. The number of carbonyl (C=O) groups excluding carboxylic acids is 1. The van der Waals surface area contributed by atoms with E-state index in [-0.39, 0.29) is 29.1 Å². The molecular weight excluding hydrogens is 589 g/mol. The van der Waals surface area contributed by atoms with E-state index in [1.807, 2.05) is 18.3 Å². The lowest BCUT2D eigenvalue weighted by molar-refractivity contribution is -0.139. The molecule has 4 heterocycles. The molecule has 0 saturated heterocycles. The second-order valence-corrected chi connectivity index (χ2v) is 11.4. The summed E-state index contributed by atoms with van der Waals surface area (Å²) in [6.45, 7) is 0. The van der Waals surface area contributed by atoms with Crippen LogP contribution in [0.5, 0.6) is 0 Å². The minimum absolute atomic E-state index is 0.213. The van der Waals surface area contributed by atoms with Gasteiger partial charge in [-0.1, -0.05) is 65.9 Å². The predicted octanol–water partition coefficient (Wildman–Crippen LogP) is 6.00. The van der Waals surface area contributed by atoms with Crippen LogP contribution in [0.3, 0.4) is 0 Å². The largest absolute Gasteiger partial charge is 0.469 e. The Morgan fingerprint density at radius 2 is 1.91 bits per heavy atom. The van der Waals surface area contributed by atoms with Crippen molar-refractivity contribution in [2.45, 2.75) is 51.0 Å². The van der Waals surface area contributed by atoms with Gasteiger partial charge in [0.1, 0.15) is 5.82 Å². The average Bonchev–Trinajstić information content (AvgIpc) is 3.66. The fourth-order valence-corrected chi connectivity index (χ4v) is 5.89. The highest BCUT2D eigenvalue weighted by Gasteiger charge is 2.22. The van der Waals surface area contributed by atoms with Crippen LogP contribution in [0.25, 0.3) is 28.2 Å². The summed E-state index contributed by atoms with van der Waals surface area (Å²) in [5, 5.41) is 8.66. The molecule has 6 rings (SSSR count). The van der Waals surface area contributed by atoms with Crippen LogP contribution in [-0.2, 0) is 22.4 Å². The fourth-order valence-electron chi connectivity index (χ4n) is 5.59. The van der Waals surface area contributed by atoms with Gasteiger partial charge in [-0.25, -0.2) is 14.6 Å². The Morgan fingerprint density at radius 1 is 1.05 bits per heavy atom. The lowest BCUT2D eigenvalue weighted by Gasteiger charge is -2.19. The maximum atomic E-state index is 13.6. The number of rotatable bonds is 5. The monoisotopic (exact) mass is 617 g/mol. The van der Waals surface area contributed by atoms with E-state index in [9.17, 15) is 9.59 Å². The van der Waals surface area contributed by atoms with Crippen molar-refractivity contribution in [3.63, 3.8) is 0 Å². The Morgan fingerprint density at radius 3 is 2.70 bits per heavy atom. The van der Waals surface area contributed by atoms with Gasteiger partial charge in [0.05, 0.1) is 55.4 Å². The number of aryl methyl sites for hydroxylation is 1. The molecule has 0 aliphatic carbocycles. The number of methoxy groups -OCH3 is 1. The molecule has 43 heavy (non-hydrogen) atoms. The topological polar surface area (TPSA) is 121 Å². The number of aromatic amines is 1. The summed E-state index contributed by atoms with van der Waals surface area (Å²) in [7, 11) is 1.40. The van der Waals surface area contributed by atoms with Crippen molar-refractivity contribution in [2.24, 2.45) is 0 Å². The predicted molar refractivity (Wildman–Crippen MR) is 164 cm³/mol. The Kier molecular flexibility index (Phi) is 8.40. The maximum absolute atomic E-state index is 13.6. The molecule has 3 aromatic heterocycles. The van der Waals surface area contributed by atoms with Gasteiger partial charge in [0.2, 0.25) is 0 Å². The first-order valence-electron chi connectivity index (χ1n) is 14.1. The second-order valence-electron chi connectivity index (χ2n) is 10.6. The van der Waals surface area contributed by atoms with Crippen LogP contribution in [-0.4, -0.2) is 47.6 Å². The molecule has 0 amide bonds. The van der Waals surface area contributed by atoms with E-state index in [0.29, 0.717) is 27.8 Å². The molecule has 1 atom stereocenters. The molecule has 1 N–H and O–H groups in total. The quantitative estimate of drug-likeness (QED) is 0.240. The number of nitrogens with one attached hydrogen (secondary N) is 1. The van der Waals surface area contributed by atoms with Crippen LogP contribution in [0.2, 0.25) is 10.2 Å². The third kappa shape index (κ3) is 6.25. The van der Waals surface area contributed by atoms with Crippen LogP contribution in [0.1, 0.15) is 55.1 Å². The zero-order valence-electron chi connectivity index (χ0n) is 23.5. The van der Waals surface area contributed by atoms with Crippen molar-refractivity contribution in [3.8, 4) is 28.2 Å². The number of H-pyrrole nitrogens is 1. The van der Waals surface area contributed by atoms with Gasteiger partial charge in [-0.15, -0.1) is 5.10 Å². The van der Waals surface area contributed by atoms with E-state index in [0.717, 1.165) is 60.9 Å². The summed E-state index contributed by atoms with van der Waals surface area (Å²) in [5.41, 5.74) is 5.49. The lowest BCUT2D eigenvalue weighted by atomic mass is 9.95. The number of benzene rings is 2. The van der Waals surface area contributed by atoms with Crippen LogP contribution in [0.4, 0.5) is 0 Å². The minimum Gasteiger partial charge on any atom is -0.469 e. The number of ether oxygens (including phenoxy) is 1. The fraction of sp³-hybridized carbons (Fsp3) is 0.290. The van der Waals surface area contributed by atoms with Gasteiger partial charge in [-0.05, 0) is 48.6 Å². The highest BCUT2D eigenvalue weighted by atomic mass is 35.5. The lowest BCUT2D eigenvalue weighted by Crippen LogP contribution is -2.26. The Labute approximate surface area is 257 Å². The van der Waals surface area contributed by atoms with E-state index in [2.05, 4.69) is 26.3 Å². The van der Waals surface area contributed by atoms with Crippen LogP contribution in [0.15, 0.2) is 66.0 Å². The first kappa shape index (κ1) is 28.8. The molecule has 1 aliphatic rings. The molecule has 0 fully saturated rings. The molecule has 5 aromatic rings. The van der Waals surface area contributed by atoms with Crippen molar-refractivity contribution >= 4 is 29.2 Å². The Bertz CT molecular complexity index is 1850. The number of imidazole rings is 1. The number of carbonyl (C=O) groups is 1. The van der Waals surface area contributed by atoms with Crippen LogP contribution >= 0.6 is 23.2 Å². The highest BCUT2D eigenvalue weighted by Crippen LogP contribution is 2.31. The van der Waals surface area contributed by atoms with Crippen molar-refractivity contribution < 1.29 is 9.53 Å². The third-order valence-corrected chi connectivity index (χ3v) is 8.15. The van der Waals surface area contributed by atoms with E-state index in [1.54, 1.807) is 35.3 Å². The minimum atomic E-state index is -0.322. The average molecular weight is 619 g/mol. The standard InChI is InChI=1S/C31H29Cl2N7O3/c1-43-30(42)13-19-8-10-22-20(12-19)6-4-2-3-5-7-27(31-34-16-25(22)36-31)39-18-35-24(15-29(39)41)23-14-21(32)9-11-26(23)40-17-28(33)37-38-40/h8-12,14-18,27H,2-7,13H2,1H3,(H,34,36)/t27-/m0/s1. The van der Waals surface area contributed by atoms with Gasteiger partial charge in [0.25, 0.3) is 5.56 Å². The first-order valence-corrected chi connectivity index (χ1v) is 14.9. The Balaban J connectivity index is 1.36. The first-order chi connectivity index (χ1) is 20.9. The molecule has 2 aromatic carbocycles. The van der Waals surface area contributed by atoms with Crippen molar-refractivity contribution in [1.29, 1.82) is 0 Å². The SMILES string of the molecule is COC(=O)Cc1ccc2c(c1)CCCCCC[C@H](n1cnc(-c3cc(Cl)ccc3-n3cc(Cl)nn3)cc1=O)c1ncc-2[nH]1.